The van der Waals surface area contributed by atoms with Crippen LogP contribution in [0.4, 0.5) is 8.78 Å². The minimum absolute atomic E-state index is 0.0494. The summed E-state index contributed by atoms with van der Waals surface area (Å²) in [5.41, 5.74) is 8.13. The molecule has 0 saturated heterocycles. The average molecular weight is 482 g/mol. The normalized spacial score (nSPS) is 11.1. The summed E-state index contributed by atoms with van der Waals surface area (Å²) in [5.74, 6) is -0.622. The second kappa shape index (κ2) is 10.6. The van der Waals surface area contributed by atoms with Crippen LogP contribution in [0.25, 0.3) is 22.1 Å². The van der Waals surface area contributed by atoms with Crippen molar-refractivity contribution in [2.45, 2.75) is 26.2 Å². The summed E-state index contributed by atoms with van der Waals surface area (Å²) in [7, 11) is 2.81. The van der Waals surface area contributed by atoms with E-state index in [1.165, 1.54) is 31.5 Å². The van der Waals surface area contributed by atoms with Crippen molar-refractivity contribution in [3.05, 3.63) is 82.9 Å². The number of fused-ring (bicyclic) bond motifs is 1. The van der Waals surface area contributed by atoms with Gasteiger partial charge in [0.2, 0.25) is 0 Å². The predicted molar refractivity (Wildman–Crippen MR) is 124 cm³/mol. The molecule has 2 aromatic carbocycles. The van der Waals surface area contributed by atoms with Gasteiger partial charge in [0.25, 0.3) is 0 Å². The molecule has 0 aliphatic rings. The SMILES string of the molecule is COCc1cc2cc(COc3ccc(F)cc3CC(=O)OC)cc(-c3ccnc(CN)c3F)c2o1. The molecule has 0 fully saturated rings. The lowest BCUT2D eigenvalue weighted by Gasteiger charge is -2.13. The highest BCUT2D eigenvalue weighted by Crippen LogP contribution is 2.35. The van der Waals surface area contributed by atoms with Crippen molar-refractivity contribution in [2.75, 3.05) is 14.2 Å². The fraction of sp³-hybridized carbons (Fsp3) is 0.231. The number of carbonyl (C=O) groups is 1. The maximum Gasteiger partial charge on any atom is 0.310 e. The standard InChI is InChI=1S/C26H24F2N2O5/c1-32-14-19-10-17-7-15(13-34-23-4-3-18(27)9-16(23)11-24(31)33-2)8-21(26(17)35-19)20-5-6-30-22(12-29)25(20)28/h3-10H,11-14,29H2,1-2H3. The maximum absolute atomic E-state index is 15.2. The molecule has 0 spiro atoms. The number of aromatic nitrogens is 1. The summed E-state index contributed by atoms with van der Waals surface area (Å²) in [5, 5.41) is 0.729. The van der Waals surface area contributed by atoms with Crippen LogP contribution < -0.4 is 10.5 Å². The number of ether oxygens (including phenoxy) is 3. The van der Waals surface area contributed by atoms with Gasteiger partial charge in [0, 0.05) is 41.9 Å². The molecule has 0 aliphatic heterocycles. The van der Waals surface area contributed by atoms with Gasteiger partial charge < -0.3 is 24.4 Å². The Morgan fingerprint density at radius 2 is 1.89 bits per heavy atom. The average Bonchev–Trinajstić information content (AvgIpc) is 3.26. The molecule has 0 unspecified atom stereocenters. The second-order valence-corrected chi connectivity index (χ2v) is 7.82. The highest BCUT2D eigenvalue weighted by Gasteiger charge is 2.18. The number of halogens is 2. The first kappa shape index (κ1) is 24.3. The number of rotatable bonds is 9. The third-order valence-electron chi connectivity index (χ3n) is 5.44. The number of esters is 1. The molecule has 35 heavy (non-hydrogen) atoms. The molecule has 0 radical (unpaired) electrons. The summed E-state index contributed by atoms with van der Waals surface area (Å²) in [4.78, 5) is 15.7. The third-order valence-corrected chi connectivity index (χ3v) is 5.44. The first-order chi connectivity index (χ1) is 16.9. The van der Waals surface area contributed by atoms with Gasteiger partial charge in [0.05, 0.1) is 19.2 Å². The van der Waals surface area contributed by atoms with E-state index in [-0.39, 0.29) is 31.9 Å². The Morgan fingerprint density at radius 3 is 2.63 bits per heavy atom. The molecule has 4 aromatic rings. The summed E-state index contributed by atoms with van der Waals surface area (Å²) in [6.45, 7) is 0.273. The quantitative estimate of drug-likeness (QED) is 0.346. The zero-order valence-corrected chi connectivity index (χ0v) is 19.3. The van der Waals surface area contributed by atoms with Crippen LogP contribution in [0.15, 0.2) is 53.1 Å². The van der Waals surface area contributed by atoms with Crippen molar-refractivity contribution in [1.82, 2.24) is 4.98 Å². The lowest BCUT2D eigenvalue weighted by Crippen LogP contribution is -2.07. The number of pyridine rings is 1. The predicted octanol–water partition coefficient (Wildman–Crippen LogP) is 4.67. The van der Waals surface area contributed by atoms with E-state index < -0.39 is 17.6 Å². The minimum Gasteiger partial charge on any atom is -0.489 e. The maximum atomic E-state index is 15.2. The van der Waals surface area contributed by atoms with Gasteiger partial charge >= 0.3 is 5.97 Å². The van der Waals surface area contributed by atoms with Gasteiger partial charge in [0.1, 0.15) is 36.1 Å². The van der Waals surface area contributed by atoms with Crippen molar-refractivity contribution in [1.29, 1.82) is 0 Å². The molecule has 9 heteroatoms. The van der Waals surface area contributed by atoms with E-state index >= 15 is 4.39 Å². The van der Waals surface area contributed by atoms with E-state index in [4.69, 9.17) is 19.6 Å². The summed E-state index contributed by atoms with van der Waals surface area (Å²) in [6, 6.07) is 10.9. The summed E-state index contributed by atoms with van der Waals surface area (Å²) >= 11 is 0. The van der Waals surface area contributed by atoms with E-state index in [1.54, 1.807) is 19.2 Å². The molecule has 0 atom stereocenters. The van der Waals surface area contributed by atoms with Gasteiger partial charge in [-0.05, 0) is 48.0 Å². The molecule has 0 bridgehead atoms. The smallest absolute Gasteiger partial charge is 0.310 e. The fourth-order valence-corrected chi connectivity index (χ4v) is 3.82. The number of nitrogens with zero attached hydrogens (tertiary/aromatic N) is 1. The summed E-state index contributed by atoms with van der Waals surface area (Å²) < 4.78 is 50.7. The van der Waals surface area contributed by atoms with Crippen molar-refractivity contribution in [2.24, 2.45) is 5.73 Å². The Balaban J connectivity index is 1.74. The van der Waals surface area contributed by atoms with Crippen LogP contribution in [-0.4, -0.2) is 25.2 Å². The van der Waals surface area contributed by atoms with E-state index in [1.807, 2.05) is 12.1 Å². The Bertz CT molecular complexity index is 1370. The Kier molecular flexibility index (Phi) is 7.38. The van der Waals surface area contributed by atoms with Crippen molar-refractivity contribution >= 4 is 16.9 Å². The number of nitrogens with two attached hydrogens (primary N) is 1. The Morgan fingerprint density at radius 1 is 1.06 bits per heavy atom. The van der Waals surface area contributed by atoms with Gasteiger partial charge in [-0.15, -0.1) is 0 Å². The second-order valence-electron chi connectivity index (χ2n) is 7.82. The highest BCUT2D eigenvalue weighted by atomic mass is 19.1. The Hall–Kier alpha value is -3.82. The molecule has 0 aliphatic carbocycles. The van der Waals surface area contributed by atoms with E-state index in [9.17, 15) is 9.18 Å². The third kappa shape index (κ3) is 5.31. The molecule has 2 heterocycles. The summed E-state index contributed by atoms with van der Waals surface area (Å²) in [6.07, 6.45) is 1.35. The minimum atomic E-state index is -0.530. The molecular weight excluding hydrogens is 458 g/mol. The van der Waals surface area contributed by atoms with Crippen LogP contribution in [0.1, 0.15) is 22.6 Å². The zero-order chi connectivity index (χ0) is 24.9. The van der Waals surface area contributed by atoms with Crippen LogP contribution in [0.3, 0.4) is 0 Å². The molecule has 182 valence electrons. The molecule has 4 rings (SSSR count). The lowest BCUT2D eigenvalue weighted by atomic mass is 10.00. The molecular formula is C26H24F2N2O5. The van der Waals surface area contributed by atoms with Gasteiger partial charge in [-0.3, -0.25) is 9.78 Å². The first-order valence-electron chi connectivity index (χ1n) is 10.8. The van der Waals surface area contributed by atoms with Gasteiger partial charge in [-0.1, -0.05) is 0 Å². The zero-order valence-electron chi connectivity index (χ0n) is 19.3. The number of hydrogen-bond donors (Lipinski definition) is 1. The van der Waals surface area contributed by atoms with Crippen molar-refractivity contribution in [3.63, 3.8) is 0 Å². The van der Waals surface area contributed by atoms with Crippen LogP contribution in [0, 0.1) is 11.6 Å². The Labute approximate surface area is 200 Å². The number of methoxy groups -OCH3 is 2. The van der Waals surface area contributed by atoms with E-state index in [0.29, 0.717) is 39.3 Å². The van der Waals surface area contributed by atoms with Gasteiger partial charge in [0.15, 0.2) is 5.82 Å². The van der Waals surface area contributed by atoms with Crippen molar-refractivity contribution in [3.8, 4) is 16.9 Å². The molecule has 0 amide bonds. The topological polar surface area (TPSA) is 96.8 Å². The van der Waals surface area contributed by atoms with Crippen LogP contribution in [-0.2, 0) is 40.4 Å². The first-order valence-corrected chi connectivity index (χ1v) is 10.8. The van der Waals surface area contributed by atoms with Crippen LogP contribution in [0.2, 0.25) is 0 Å². The van der Waals surface area contributed by atoms with Gasteiger partial charge in [-0.25, -0.2) is 8.78 Å². The molecule has 7 nitrogen and oxygen atoms in total. The molecule has 2 N–H and O–H groups in total. The van der Waals surface area contributed by atoms with E-state index in [2.05, 4.69) is 9.72 Å². The highest BCUT2D eigenvalue weighted by molar-refractivity contribution is 5.93. The number of carbonyl (C=O) groups excluding carboxylic acids is 1. The van der Waals surface area contributed by atoms with Crippen LogP contribution in [0.5, 0.6) is 5.75 Å². The molecule has 2 aromatic heterocycles. The van der Waals surface area contributed by atoms with Crippen LogP contribution >= 0.6 is 0 Å². The number of furan rings is 1. The van der Waals surface area contributed by atoms with E-state index in [0.717, 1.165) is 5.39 Å². The van der Waals surface area contributed by atoms with Crippen molar-refractivity contribution < 1.29 is 32.2 Å². The lowest BCUT2D eigenvalue weighted by molar-refractivity contribution is -0.139. The largest absolute Gasteiger partial charge is 0.489 e. The number of benzene rings is 2. The fourth-order valence-electron chi connectivity index (χ4n) is 3.82. The molecule has 0 saturated carbocycles. The van der Waals surface area contributed by atoms with Gasteiger partial charge in [-0.2, -0.15) is 0 Å². The monoisotopic (exact) mass is 482 g/mol. The number of hydrogen-bond acceptors (Lipinski definition) is 7.